The van der Waals surface area contributed by atoms with Crippen molar-refractivity contribution in [3.63, 3.8) is 0 Å². The van der Waals surface area contributed by atoms with E-state index in [0.717, 1.165) is 24.0 Å². The van der Waals surface area contributed by atoms with Gasteiger partial charge in [0, 0.05) is 38.5 Å². The van der Waals surface area contributed by atoms with E-state index in [1.807, 2.05) is 47.8 Å². The van der Waals surface area contributed by atoms with Gasteiger partial charge in [-0.1, -0.05) is 12.1 Å². The molecule has 2 aromatic rings. The predicted molar refractivity (Wildman–Crippen MR) is 103 cm³/mol. The summed E-state index contributed by atoms with van der Waals surface area (Å²) in [6.45, 7) is 1.97. The highest BCUT2D eigenvalue weighted by Crippen LogP contribution is 2.25. The fourth-order valence-corrected chi connectivity index (χ4v) is 4.08. The van der Waals surface area contributed by atoms with Crippen molar-refractivity contribution < 1.29 is 14.7 Å². The number of fused-ring (bicyclic) bond motifs is 1. The summed E-state index contributed by atoms with van der Waals surface area (Å²) in [5, 5.41) is 9.02. The zero-order chi connectivity index (χ0) is 19.4. The van der Waals surface area contributed by atoms with Crippen molar-refractivity contribution in [1.29, 1.82) is 0 Å². The van der Waals surface area contributed by atoms with Crippen molar-refractivity contribution in [3.05, 3.63) is 30.6 Å². The first-order valence-electron chi connectivity index (χ1n) is 9.51. The molecule has 0 bridgehead atoms. The standard InChI is InChI=1S/C20H28N4O3/c1-22(2)17-9-11-23(13-15(17)7-8-20(26)27)19(25)10-12-24-14-21-16-5-3-4-6-18(16)24/h3-6,14-15,17H,7-13H2,1-2H3,(H,26,27)/t15-,17+/m1/s1. The van der Waals surface area contributed by atoms with Crippen LogP contribution in [0.25, 0.3) is 11.0 Å². The fourth-order valence-electron chi connectivity index (χ4n) is 4.08. The molecule has 2 atom stereocenters. The Labute approximate surface area is 159 Å². The van der Waals surface area contributed by atoms with Crippen molar-refractivity contribution in [2.75, 3.05) is 27.2 Å². The molecule has 1 aromatic carbocycles. The van der Waals surface area contributed by atoms with Crippen LogP contribution in [0, 0.1) is 5.92 Å². The first kappa shape index (κ1) is 19.4. The topological polar surface area (TPSA) is 78.7 Å². The van der Waals surface area contributed by atoms with Gasteiger partial charge in [-0.25, -0.2) is 4.98 Å². The highest BCUT2D eigenvalue weighted by molar-refractivity contribution is 5.77. The van der Waals surface area contributed by atoms with Crippen LogP contribution in [0.4, 0.5) is 0 Å². The van der Waals surface area contributed by atoms with Gasteiger partial charge in [0.25, 0.3) is 0 Å². The summed E-state index contributed by atoms with van der Waals surface area (Å²) in [5.41, 5.74) is 1.97. The molecule has 0 aliphatic carbocycles. The molecule has 1 aromatic heterocycles. The van der Waals surface area contributed by atoms with Gasteiger partial charge in [-0.15, -0.1) is 0 Å². The minimum Gasteiger partial charge on any atom is -0.481 e. The Morgan fingerprint density at radius 3 is 2.78 bits per heavy atom. The van der Waals surface area contributed by atoms with Gasteiger partial charge < -0.3 is 19.5 Å². The maximum absolute atomic E-state index is 12.8. The van der Waals surface area contributed by atoms with Crippen molar-refractivity contribution in [2.45, 2.75) is 38.3 Å². The second-order valence-corrected chi connectivity index (χ2v) is 7.53. The Balaban J connectivity index is 1.59. The quantitative estimate of drug-likeness (QED) is 0.805. The van der Waals surface area contributed by atoms with Crippen molar-refractivity contribution in [3.8, 4) is 0 Å². The van der Waals surface area contributed by atoms with Crippen LogP contribution in [-0.2, 0) is 16.1 Å². The average molecular weight is 372 g/mol. The lowest BCUT2D eigenvalue weighted by Gasteiger charge is -2.41. The van der Waals surface area contributed by atoms with E-state index in [1.54, 1.807) is 6.33 Å². The molecular formula is C20H28N4O3. The van der Waals surface area contributed by atoms with Crippen LogP contribution in [0.5, 0.6) is 0 Å². The predicted octanol–water partition coefficient (Wildman–Crippen LogP) is 2.07. The van der Waals surface area contributed by atoms with Crippen LogP contribution < -0.4 is 0 Å². The van der Waals surface area contributed by atoms with Crippen LogP contribution in [0.2, 0.25) is 0 Å². The summed E-state index contributed by atoms with van der Waals surface area (Å²) in [5.74, 6) is -0.448. The third-order valence-corrected chi connectivity index (χ3v) is 5.53. The van der Waals surface area contributed by atoms with Gasteiger partial charge in [0.15, 0.2) is 0 Å². The summed E-state index contributed by atoms with van der Waals surface area (Å²) < 4.78 is 2.02. The number of amides is 1. The third-order valence-electron chi connectivity index (χ3n) is 5.53. The van der Waals surface area contributed by atoms with Gasteiger partial charge in [0.1, 0.15) is 0 Å². The summed E-state index contributed by atoms with van der Waals surface area (Å²) in [4.78, 5) is 32.2. The number of rotatable bonds is 7. The SMILES string of the molecule is CN(C)[C@H]1CCN(C(=O)CCn2cnc3ccccc32)C[C@H]1CCC(=O)O. The summed E-state index contributed by atoms with van der Waals surface area (Å²) in [6.07, 6.45) is 3.85. The lowest BCUT2D eigenvalue weighted by Crippen LogP contribution is -2.50. The maximum Gasteiger partial charge on any atom is 0.303 e. The molecule has 1 saturated heterocycles. The number of para-hydroxylation sites is 2. The molecular weight excluding hydrogens is 344 g/mol. The number of carboxylic acids is 1. The number of likely N-dealkylation sites (tertiary alicyclic amines) is 1. The number of benzene rings is 1. The number of aliphatic carboxylic acids is 1. The lowest BCUT2D eigenvalue weighted by atomic mass is 9.87. The minimum atomic E-state index is -0.775. The van der Waals surface area contributed by atoms with Gasteiger partial charge in [0.2, 0.25) is 5.91 Å². The molecule has 1 fully saturated rings. The molecule has 1 aliphatic rings. The Hall–Kier alpha value is -2.41. The van der Waals surface area contributed by atoms with Crippen LogP contribution in [-0.4, -0.2) is 69.6 Å². The first-order chi connectivity index (χ1) is 13.0. The van der Waals surface area contributed by atoms with Gasteiger partial charge >= 0.3 is 5.97 Å². The van der Waals surface area contributed by atoms with E-state index in [0.29, 0.717) is 32.0 Å². The second-order valence-electron chi connectivity index (χ2n) is 7.53. The second kappa shape index (κ2) is 8.52. The van der Waals surface area contributed by atoms with E-state index in [1.165, 1.54) is 0 Å². The van der Waals surface area contributed by atoms with Crippen molar-refractivity contribution >= 4 is 22.9 Å². The minimum absolute atomic E-state index is 0.130. The Morgan fingerprint density at radius 1 is 1.26 bits per heavy atom. The molecule has 1 amide bonds. The Morgan fingerprint density at radius 2 is 2.04 bits per heavy atom. The summed E-state index contributed by atoms with van der Waals surface area (Å²) >= 11 is 0. The van der Waals surface area contributed by atoms with Gasteiger partial charge in [-0.05, 0) is 45.0 Å². The molecule has 0 saturated carbocycles. The normalized spacial score (nSPS) is 20.3. The number of aryl methyl sites for hydroxylation is 1. The Bertz CT molecular complexity index is 801. The number of carbonyl (C=O) groups is 2. The van der Waals surface area contributed by atoms with Gasteiger partial charge in [0.05, 0.1) is 17.4 Å². The molecule has 1 aliphatic heterocycles. The number of hydrogen-bond donors (Lipinski definition) is 1. The van der Waals surface area contributed by atoms with E-state index >= 15 is 0 Å². The van der Waals surface area contributed by atoms with E-state index in [4.69, 9.17) is 5.11 Å². The van der Waals surface area contributed by atoms with Crippen molar-refractivity contribution in [2.24, 2.45) is 5.92 Å². The largest absolute Gasteiger partial charge is 0.481 e. The van der Waals surface area contributed by atoms with Crippen molar-refractivity contribution in [1.82, 2.24) is 19.4 Å². The molecule has 27 heavy (non-hydrogen) atoms. The zero-order valence-corrected chi connectivity index (χ0v) is 16.0. The molecule has 0 spiro atoms. The molecule has 7 nitrogen and oxygen atoms in total. The molecule has 7 heteroatoms. The number of hydrogen-bond acceptors (Lipinski definition) is 4. The number of aromatic nitrogens is 2. The number of piperidine rings is 1. The number of imidazole rings is 1. The Kier molecular flexibility index (Phi) is 6.11. The van der Waals surface area contributed by atoms with Gasteiger partial charge in [-0.3, -0.25) is 9.59 Å². The van der Waals surface area contributed by atoms with E-state index in [2.05, 4.69) is 9.88 Å². The van der Waals surface area contributed by atoms with Crippen LogP contribution in [0.15, 0.2) is 30.6 Å². The maximum atomic E-state index is 12.8. The zero-order valence-electron chi connectivity index (χ0n) is 16.0. The van der Waals surface area contributed by atoms with E-state index in [9.17, 15) is 9.59 Å². The van der Waals surface area contributed by atoms with Crippen LogP contribution in [0.1, 0.15) is 25.7 Å². The first-order valence-corrected chi connectivity index (χ1v) is 9.51. The smallest absolute Gasteiger partial charge is 0.303 e. The molecule has 3 rings (SSSR count). The molecule has 0 radical (unpaired) electrons. The van der Waals surface area contributed by atoms with E-state index in [-0.39, 0.29) is 18.2 Å². The van der Waals surface area contributed by atoms with Crippen LogP contribution >= 0.6 is 0 Å². The summed E-state index contributed by atoms with van der Waals surface area (Å²) in [6, 6.07) is 8.23. The molecule has 146 valence electrons. The molecule has 1 N–H and O–H groups in total. The average Bonchev–Trinajstić information content (AvgIpc) is 3.07. The number of nitrogens with zero attached hydrogens (tertiary/aromatic N) is 4. The number of carboxylic acid groups (broad SMARTS) is 1. The fraction of sp³-hybridized carbons (Fsp3) is 0.550. The van der Waals surface area contributed by atoms with Crippen LogP contribution in [0.3, 0.4) is 0 Å². The third kappa shape index (κ3) is 4.66. The highest BCUT2D eigenvalue weighted by Gasteiger charge is 2.32. The molecule has 0 unspecified atom stereocenters. The van der Waals surface area contributed by atoms with E-state index < -0.39 is 5.97 Å². The monoisotopic (exact) mass is 372 g/mol. The molecule has 2 heterocycles. The lowest BCUT2D eigenvalue weighted by molar-refractivity contribution is -0.137. The summed E-state index contributed by atoms with van der Waals surface area (Å²) in [7, 11) is 4.06. The highest BCUT2D eigenvalue weighted by atomic mass is 16.4. The van der Waals surface area contributed by atoms with Gasteiger partial charge in [-0.2, -0.15) is 0 Å². The number of carbonyl (C=O) groups excluding carboxylic acids is 1.